The molecule has 6 nitrogen and oxygen atoms in total. The summed E-state index contributed by atoms with van der Waals surface area (Å²) in [4.78, 5) is 23.7. The third kappa shape index (κ3) is 4.63. The monoisotopic (exact) mass is 348 g/mol. The molecule has 2 aromatic carbocycles. The second kappa shape index (κ2) is 8.21. The quantitative estimate of drug-likeness (QED) is 0.814. The predicted molar refractivity (Wildman–Crippen MR) is 91.5 cm³/mol. The van der Waals surface area contributed by atoms with Crippen LogP contribution in [0.5, 0.6) is 11.5 Å². The first-order valence-corrected chi connectivity index (χ1v) is 7.47. The first-order valence-electron chi connectivity index (χ1n) is 7.09. The van der Waals surface area contributed by atoms with Crippen LogP contribution in [0.1, 0.15) is 5.56 Å². The molecule has 0 saturated heterocycles. The Balaban J connectivity index is 1.94. The van der Waals surface area contributed by atoms with Crippen LogP contribution >= 0.6 is 11.6 Å². The van der Waals surface area contributed by atoms with Crippen molar-refractivity contribution < 1.29 is 19.1 Å². The number of halogens is 1. The zero-order chi connectivity index (χ0) is 17.5. The van der Waals surface area contributed by atoms with Crippen LogP contribution in [0.15, 0.2) is 42.5 Å². The van der Waals surface area contributed by atoms with Gasteiger partial charge in [-0.1, -0.05) is 23.7 Å². The average molecular weight is 349 g/mol. The van der Waals surface area contributed by atoms with Crippen LogP contribution in [-0.4, -0.2) is 26.0 Å². The molecular formula is C17H17ClN2O4. The van der Waals surface area contributed by atoms with Crippen molar-refractivity contribution in [2.24, 2.45) is 0 Å². The Hall–Kier alpha value is -2.73. The maximum absolute atomic E-state index is 11.9. The van der Waals surface area contributed by atoms with Gasteiger partial charge in [-0.15, -0.1) is 0 Å². The smallest absolute Gasteiger partial charge is 0.313 e. The zero-order valence-electron chi connectivity index (χ0n) is 13.3. The van der Waals surface area contributed by atoms with Crippen LogP contribution in [0.3, 0.4) is 0 Å². The number of benzene rings is 2. The van der Waals surface area contributed by atoms with Crippen LogP contribution in [0.25, 0.3) is 0 Å². The van der Waals surface area contributed by atoms with Crippen LogP contribution in [0, 0.1) is 0 Å². The molecule has 7 heteroatoms. The number of hydrogen-bond acceptors (Lipinski definition) is 4. The minimum atomic E-state index is -0.766. The van der Waals surface area contributed by atoms with E-state index in [-0.39, 0.29) is 6.54 Å². The lowest BCUT2D eigenvalue weighted by Crippen LogP contribution is -2.34. The standard InChI is InChI=1S/C17H17ClN2O4/c1-23-14-7-6-11(8-15(14)24-2)10-19-16(21)17(22)20-13-5-3-4-12(18)9-13/h3-9H,10H2,1-2H3,(H,19,21)(H,20,22). The van der Waals surface area contributed by atoms with Gasteiger partial charge < -0.3 is 20.1 Å². The molecule has 2 aromatic rings. The summed E-state index contributed by atoms with van der Waals surface area (Å²) in [6, 6.07) is 11.8. The van der Waals surface area contributed by atoms with Gasteiger partial charge in [0.2, 0.25) is 0 Å². The van der Waals surface area contributed by atoms with Gasteiger partial charge in [-0.3, -0.25) is 9.59 Å². The number of anilines is 1. The van der Waals surface area contributed by atoms with Crippen molar-refractivity contribution in [2.45, 2.75) is 6.54 Å². The van der Waals surface area contributed by atoms with Gasteiger partial charge >= 0.3 is 11.8 Å². The Bertz CT molecular complexity index is 749. The van der Waals surface area contributed by atoms with E-state index in [0.717, 1.165) is 5.56 Å². The van der Waals surface area contributed by atoms with Crippen LogP contribution < -0.4 is 20.1 Å². The van der Waals surface area contributed by atoms with Crippen LogP contribution in [0.2, 0.25) is 5.02 Å². The van der Waals surface area contributed by atoms with Gasteiger partial charge in [0.05, 0.1) is 14.2 Å². The molecule has 2 N–H and O–H groups in total. The molecule has 0 heterocycles. The topological polar surface area (TPSA) is 76.7 Å². The van der Waals surface area contributed by atoms with Crippen molar-refractivity contribution in [3.8, 4) is 11.5 Å². The summed E-state index contributed by atoms with van der Waals surface area (Å²) in [5.74, 6) is -0.374. The molecule has 0 spiro atoms. The van der Waals surface area contributed by atoms with Gasteiger partial charge in [0.25, 0.3) is 0 Å². The van der Waals surface area contributed by atoms with Gasteiger partial charge in [-0.05, 0) is 35.9 Å². The summed E-state index contributed by atoms with van der Waals surface area (Å²) >= 11 is 5.83. The number of rotatable bonds is 5. The van der Waals surface area contributed by atoms with E-state index < -0.39 is 11.8 Å². The third-order valence-electron chi connectivity index (χ3n) is 3.19. The molecule has 126 valence electrons. The Labute approximate surface area is 144 Å². The molecule has 0 aliphatic carbocycles. The molecular weight excluding hydrogens is 332 g/mol. The number of amides is 2. The Kier molecular flexibility index (Phi) is 6.03. The van der Waals surface area contributed by atoms with Gasteiger partial charge in [0.1, 0.15) is 0 Å². The van der Waals surface area contributed by atoms with E-state index in [2.05, 4.69) is 10.6 Å². The third-order valence-corrected chi connectivity index (χ3v) is 3.42. The van der Waals surface area contributed by atoms with Crippen LogP contribution in [-0.2, 0) is 16.1 Å². The fourth-order valence-corrected chi connectivity index (χ4v) is 2.20. The lowest BCUT2D eigenvalue weighted by Gasteiger charge is -2.10. The summed E-state index contributed by atoms with van der Waals surface area (Å²) < 4.78 is 10.3. The fraction of sp³-hybridized carbons (Fsp3) is 0.176. The van der Waals surface area contributed by atoms with E-state index in [0.29, 0.717) is 22.2 Å². The molecule has 0 aliphatic heterocycles. The molecule has 0 saturated carbocycles. The van der Waals surface area contributed by atoms with Crippen molar-refractivity contribution in [3.05, 3.63) is 53.1 Å². The van der Waals surface area contributed by atoms with E-state index in [1.54, 1.807) is 49.6 Å². The SMILES string of the molecule is COc1ccc(CNC(=O)C(=O)Nc2cccc(Cl)c2)cc1OC. The highest BCUT2D eigenvalue weighted by molar-refractivity contribution is 6.39. The molecule has 24 heavy (non-hydrogen) atoms. The summed E-state index contributed by atoms with van der Waals surface area (Å²) in [6.07, 6.45) is 0. The molecule has 0 aromatic heterocycles. The molecule has 0 unspecified atom stereocenters. The minimum Gasteiger partial charge on any atom is -0.493 e. The van der Waals surface area contributed by atoms with E-state index in [4.69, 9.17) is 21.1 Å². The van der Waals surface area contributed by atoms with Crippen molar-refractivity contribution in [1.29, 1.82) is 0 Å². The Morgan fingerprint density at radius 3 is 2.42 bits per heavy atom. The molecule has 0 radical (unpaired) electrons. The number of hydrogen-bond donors (Lipinski definition) is 2. The summed E-state index contributed by atoms with van der Waals surface area (Å²) in [7, 11) is 3.07. The van der Waals surface area contributed by atoms with E-state index in [1.165, 1.54) is 7.11 Å². The second-order valence-corrected chi connectivity index (χ2v) is 5.27. The Morgan fingerprint density at radius 2 is 1.75 bits per heavy atom. The molecule has 0 fully saturated rings. The van der Waals surface area contributed by atoms with Crippen molar-refractivity contribution in [2.75, 3.05) is 19.5 Å². The molecule has 0 bridgehead atoms. The lowest BCUT2D eigenvalue weighted by atomic mass is 10.2. The van der Waals surface area contributed by atoms with Gasteiger partial charge in [-0.2, -0.15) is 0 Å². The number of nitrogens with one attached hydrogen (secondary N) is 2. The second-order valence-electron chi connectivity index (χ2n) is 4.84. The number of carbonyl (C=O) groups excluding carboxylic acids is 2. The molecule has 2 amide bonds. The average Bonchev–Trinajstić information content (AvgIpc) is 2.59. The van der Waals surface area contributed by atoms with Gasteiger partial charge in [0, 0.05) is 17.3 Å². The number of methoxy groups -OCH3 is 2. The highest BCUT2D eigenvalue weighted by Crippen LogP contribution is 2.27. The largest absolute Gasteiger partial charge is 0.493 e. The Morgan fingerprint density at radius 1 is 1.00 bits per heavy atom. The first kappa shape index (κ1) is 17.6. The molecule has 0 aliphatic rings. The first-order chi connectivity index (χ1) is 11.5. The number of ether oxygens (including phenoxy) is 2. The maximum Gasteiger partial charge on any atom is 0.313 e. The fourth-order valence-electron chi connectivity index (χ4n) is 2.01. The van der Waals surface area contributed by atoms with E-state index in [1.807, 2.05) is 0 Å². The highest BCUT2D eigenvalue weighted by Gasteiger charge is 2.14. The van der Waals surface area contributed by atoms with Gasteiger partial charge in [-0.25, -0.2) is 0 Å². The van der Waals surface area contributed by atoms with E-state index >= 15 is 0 Å². The zero-order valence-corrected chi connectivity index (χ0v) is 14.0. The van der Waals surface area contributed by atoms with Gasteiger partial charge in [0.15, 0.2) is 11.5 Å². The number of carbonyl (C=O) groups is 2. The van der Waals surface area contributed by atoms with Crippen molar-refractivity contribution in [1.82, 2.24) is 5.32 Å². The van der Waals surface area contributed by atoms with E-state index in [9.17, 15) is 9.59 Å². The summed E-state index contributed by atoms with van der Waals surface area (Å²) in [5, 5.41) is 5.49. The normalized spacial score (nSPS) is 9.96. The van der Waals surface area contributed by atoms with Crippen molar-refractivity contribution in [3.63, 3.8) is 0 Å². The minimum absolute atomic E-state index is 0.183. The van der Waals surface area contributed by atoms with Crippen LogP contribution in [0.4, 0.5) is 5.69 Å². The maximum atomic E-state index is 11.9. The van der Waals surface area contributed by atoms with Crippen molar-refractivity contribution >= 4 is 29.1 Å². The molecule has 0 atom stereocenters. The highest BCUT2D eigenvalue weighted by atomic mass is 35.5. The summed E-state index contributed by atoms with van der Waals surface area (Å²) in [6.45, 7) is 0.183. The molecule has 2 rings (SSSR count). The lowest BCUT2D eigenvalue weighted by molar-refractivity contribution is -0.136. The predicted octanol–water partition coefficient (Wildman–Crippen LogP) is 2.61. The summed E-state index contributed by atoms with van der Waals surface area (Å²) in [5.41, 5.74) is 1.23.